The molecule has 0 radical (unpaired) electrons. The monoisotopic (exact) mass is 466 g/mol. The van der Waals surface area contributed by atoms with Crippen LogP contribution in [-0.2, 0) is 27.3 Å². The number of amides is 2. The highest BCUT2D eigenvalue weighted by Crippen LogP contribution is 2.29. The molecule has 0 unspecified atom stereocenters. The molecule has 11 heteroatoms. The van der Waals surface area contributed by atoms with Crippen molar-refractivity contribution in [2.24, 2.45) is 0 Å². The molecule has 3 rings (SSSR count). The van der Waals surface area contributed by atoms with Crippen LogP contribution in [0, 0.1) is 0 Å². The van der Waals surface area contributed by atoms with E-state index in [1.165, 1.54) is 16.2 Å². The maximum atomic E-state index is 12.5. The van der Waals surface area contributed by atoms with Gasteiger partial charge in [0.15, 0.2) is 0 Å². The maximum absolute atomic E-state index is 12.5. The fourth-order valence-corrected chi connectivity index (χ4v) is 3.41. The maximum Gasteiger partial charge on any atom is 0.446 e. The molecule has 0 saturated carbocycles. The van der Waals surface area contributed by atoms with Gasteiger partial charge in [0.25, 0.3) is 5.56 Å². The van der Waals surface area contributed by atoms with Crippen LogP contribution in [0.1, 0.15) is 30.0 Å². The Hall–Kier alpha value is -3.47. The van der Waals surface area contributed by atoms with Gasteiger partial charge in [-0.3, -0.25) is 19.2 Å². The molecule has 0 aliphatic heterocycles. The number of halogens is 3. The molecule has 178 valence electrons. The van der Waals surface area contributed by atoms with Gasteiger partial charge in [0.2, 0.25) is 18.1 Å². The summed E-state index contributed by atoms with van der Waals surface area (Å²) in [7, 11) is 1.65. The minimum absolute atomic E-state index is 0.0309. The summed E-state index contributed by atoms with van der Waals surface area (Å²) in [4.78, 5) is 45.4. The molecular formula is C22H25F3N4O4. The molecule has 3 N–H and O–H groups in total. The van der Waals surface area contributed by atoms with E-state index in [1.807, 2.05) is 18.2 Å². The summed E-state index contributed by atoms with van der Waals surface area (Å²) in [5, 5.41) is 8.31. The van der Waals surface area contributed by atoms with Gasteiger partial charge in [-0.1, -0.05) is 24.3 Å². The number of likely N-dealkylation sites (N-methyl/N-ethyl adjacent to an activating group) is 1. The number of anilines is 1. The van der Waals surface area contributed by atoms with Crippen LogP contribution in [0.5, 0.6) is 0 Å². The number of pyridine rings is 1. The number of aromatic nitrogens is 1. The molecule has 1 aromatic carbocycles. The summed E-state index contributed by atoms with van der Waals surface area (Å²) >= 11 is 0. The number of alkyl halides is 3. The number of hydrogen-bond acceptors (Lipinski definition) is 5. The number of aldehydes is 1. The lowest BCUT2D eigenvalue weighted by Crippen LogP contribution is -2.36. The van der Waals surface area contributed by atoms with E-state index in [4.69, 9.17) is 4.79 Å². The van der Waals surface area contributed by atoms with Crippen LogP contribution in [0.3, 0.4) is 0 Å². The summed E-state index contributed by atoms with van der Waals surface area (Å²) in [6.45, 7) is 0.0170. The van der Waals surface area contributed by atoms with Gasteiger partial charge in [-0.2, -0.15) is 13.2 Å². The molecule has 2 aromatic rings. The molecule has 0 fully saturated rings. The largest absolute Gasteiger partial charge is 0.446 e. The molecule has 33 heavy (non-hydrogen) atoms. The normalized spacial score (nSPS) is 14.8. The van der Waals surface area contributed by atoms with Gasteiger partial charge in [0.1, 0.15) is 12.2 Å². The zero-order valence-electron chi connectivity index (χ0n) is 17.9. The van der Waals surface area contributed by atoms with Crippen LogP contribution in [0.2, 0.25) is 0 Å². The lowest BCUT2D eigenvalue weighted by Gasteiger charge is -2.26. The topological polar surface area (TPSA) is 109 Å². The third-order valence-electron chi connectivity index (χ3n) is 4.78. The lowest BCUT2D eigenvalue weighted by molar-refractivity contribution is -0.156. The summed E-state index contributed by atoms with van der Waals surface area (Å²) in [6.07, 6.45) is -1.22. The number of hydrogen-bond donors (Lipinski definition) is 3. The van der Waals surface area contributed by atoms with Crippen LogP contribution >= 0.6 is 0 Å². The van der Waals surface area contributed by atoms with Crippen molar-refractivity contribution < 1.29 is 27.6 Å². The summed E-state index contributed by atoms with van der Waals surface area (Å²) in [5.74, 6) is -0.534. The van der Waals surface area contributed by atoms with Crippen LogP contribution in [0.4, 0.5) is 18.9 Å². The van der Waals surface area contributed by atoms with Gasteiger partial charge in [0.05, 0.1) is 12.6 Å². The Morgan fingerprint density at radius 2 is 1.85 bits per heavy atom. The second-order valence-electron chi connectivity index (χ2n) is 7.30. The number of aryl methyl sites for hydroxylation is 1. The fourth-order valence-electron chi connectivity index (χ4n) is 3.41. The average molecular weight is 466 g/mol. The number of carbonyl (C=O) groups is 3. The first kappa shape index (κ1) is 25.8. The molecular weight excluding hydrogens is 441 g/mol. The Balaban J connectivity index is 0.000000569. The van der Waals surface area contributed by atoms with E-state index in [2.05, 4.69) is 22.0 Å². The predicted molar refractivity (Wildman–Crippen MR) is 116 cm³/mol. The van der Waals surface area contributed by atoms with Crippen molar-refractivity contribution >= 4 is 23.8 Å². The zero-order valence-corrected chi connectivity index (χ0v) is 17.9. The highest BCUT2D eigenvalue weighted by Gasteiger charge is 2.25. The van der Waals surface area contributed by atoms with Crippen molar-refractivity contribution in [2.75, 3.05) is 18.9 Å². The second kappa shape index (κ2) is 12.0. The molecule has 8 nitrogen and oxygen atoms in total. The smallest absolute Gasteiger partial charge is 0.348 e. The lowest BCUT2D eigenvalue weighted by atomic mass is 9.88. The Morgan fingerprint density at radius 3 is 2.52 bits per heavy atom. The minimum atomic E-state index is -4.64. The van der Waals surface area contributed by atoms with Crippen LogP contribution in [0.25, 0.3) is 0 Å². The van der Waals surface area contributed by atoms with E-state index >= 15 is 0 Å². The van der Waals surface area contributed by atoms with E-state index in [9.17, 15) is 27.6 Å². The molecule has 2 amide bonds. The third-order valence-corrected chi connectivity index (χ3v) is 4.78. The van der Waals surface area contributed by atoms with E-state index in [1.54, 1.807) is 19.3 Å². The SMILES string of the molecule is CNCC(=O)Nc1cccn(CC(=O)N[C@@H]2CCCc3ccccc32)c1=O.O=CC(F)(F)F. The van der Waals surface area contributed by atoms with Gasteiger partial charge in [-0.15, -0.1) is 0 Å². The number of rotatable bonds is 6. The number of benzene rings is 1. The summed E-state index contributed by atoms with van der Waals surface area (Å²) < 4.78 is 32.6. The highest BCUT2D eigenvalue weighted by molar-refractivity contribution is 5.92. The van der Waals surface area contributed by atoms with Crippen molar-refractivity contribution in [3.8, 4) is 0 Å². The minimum Gasteiger partial charge on any atom is -0.348 e. The van der Waals surface area contributed by atoms with Crippen molar-refractivity contribution in [1.29, 1.82) is 0 Å². The Labute approximate surface area is 188 Å². The Bertz CT molecular complexity index is 1040. The highest BCUT2D eigenvalue weighted by atomic mass is 19.4. The Morgan fingerprint density at radius 1 is 1.15 bits per heavy atom. The predicted octanol–water partition coefficient (Wildman–Crippen LogP) is 1.95. The van der Waals surface area contributed by atoms with Crippen LogP contribution in [-0.4, -0.2) is 42.4 Å². The van der Waals surface area contributed by atoms with E-state index < -0.39 is 18.0 Å². The first-order valence-electron chi connectivity index (χ1n) is 10.2. The third kappa shape index (κ3) is 8.19. The zero-order chi connectivity index (χ0) is 24.4. The number of carbonyl (C=O) groups excluding carboxylic acids is 3. The molecule has 1 aliphatic rings. The molecule has 1 atom stereocenters. The van der Waals surface area contributed by atoms with Crippen molar-refractivity contribution in [2.45, 2.75) is 38.0 Å². The number of nitrogens with zero attached hydrogens (tertiary/aromatic N) is 1. The molecule has 0 spiro atoms. The fraction of sp³-hybridized carbons (Fsp3) is 0.364. The van der Waals surface area contributed by atoms with E-state index in [0.29, 0.717) is 0 Å². The van der Waals surface area contributed by atoms with Crippen molar-refractivity contribution in [3.63, 3.8) is 0 Å². The molecule has 1 aliphatic carbocycles. The molecule has 0 saturated heterocycles. The molecule has 1 aromatic heterocycles. The van der Waals surface area contributed by atoms with Gasteiger partial charge in [-0.05, 0) is 49.6 Å². The molecule has 1 heterocycles. The van der Waals surface area contributed by atoms with Gasteiger partial charge >= 0.3 is 6.18 Å². The summed E-state index contributed by atoms with van der Waals surface area (Å²) in [6, 6.07) is 11.3. The first-order valence-corrected chi connectivity index (χ1v) is 10.2. The number of nitrogens with one attached hydrogen (secondary N) is 3. The standard InChI is InChI=1S/C20H24N4O3.C2HF3O/c1-21-12-18(25)23-17-10-5-11-24(20(17)27)13-19(26)22-16-9-4-7-14-6-2-3-8-15(14)16;3-2(4,5)1-6/h2-3,5-6,8,10-11,16,21H,4,7,9,12-13H2,1H3,(H,22,26)(H,23,25);1H/t16-;/m1./s1. The van der Waals surface area contributed by atoms with Gasteiger partial charge in [0, 0.05) is 6.20 Å². The van der Waals surface area contributed by atoms with Crippen LogP contribution < -0.4 is 21.5 Å². The summed E-state index contributed by atoms with van der Waals surface area (Å²) in [5.41, 5.74) is 2.17. The van der Waals surface area contributed by atoms with Gasteiger partial charge < -0.3 is 20.5 Å². The average Bonchev–Trinajstić information content (AvgIpc) is 2.77. The second-order valence-corrected chi connectivity index (χ2v) is 7.30. The Kier molecular flexibility index (Phi) is 9.34. The van der Waals surface area contributed by atoms with Gasteiger partial charge in [-0.25, -0.2) is 0 Å². The van der Waals surface area contributed by atoms with Crippen molar-refractivity contribution in [1.82, 2.24) is 15.2 Å². The van der Waals surface area contributed by atoms with Crippen molar-refractivity contribution in [3.05, 3.63) is 64.1 Å². The number of fused-ring (bicyclic) bond motifs is 1. The quantitative estimate of drug-likeness (QED) is 0.564. The van der Waals surface area contributed by atoms with E-state index in [-0.39, 0.29) is 36.6 Å². The van der Waals surface area contributed by atoms with E-state index in [0.717, 1.165) is 24.8 Å². The molecule has 0 bridgehead atoms. The first-order chi connectivity index (χ1) is 15.6. The van der Waals surface area contributed by atoms with Crippen LogP contribution in [0.15, 0.2) is 47.4 Å².